The van der Waals surface area contributed by atoms with Crippen LogP contribution in [0.4, 0.5) is 5.69 Å². The number of aromatic nitrogens is 1. The van der Waals surface area contributed by atoms with E-state index in [1.165, 1.54) is 0 Å². The first-order valence-electron chi connectivity index (χ1n) is 2.41. The topological polar surface area (TPSA) is 50.9 Å². The van der Waals surface area contributed by atoms with Gasteiger partial charge in [0.25, 0.3) is 0 Å². The maximum Gasteiger partial charge on any atom is 0.129 e. The number of pyridine rings is 1. The molecule has 0 aromatic carbocycles. The summed E-state index contributed by atoms with van der Waals surface area (Å²) in [5.74, 6) is 5.07. The molecule has 1 heterocycles. The fourth-order valence-corrected chi connectivity index (χ4v) is 0.573. The Balaban J connectivity index is 0. The molecule has 3 N–H and O–H groups in total. The second-order valence-corrected chi connectivity index (χ2v) is 1.90. The molecule has 11 heavy (non-hydrogen) atoms. The van der Waals surface area contributed by atoms with Gasteiger partial charge in [0.2, 0.25) is 0 Å². The van der Waals surface area contributed by atoms with E-state index >= 15 is 0 Å². The molecule has 0 amide bonds. The van der Waals surface area contributed by atoms with Crippen LogP contribution in [0.15, 0.2) is 18.3 Å². The summed E-state index contributed by atoms with van der Waals surface area (Å²) in [5, 5.41) is 0.467. The van der Waals surface area contributed by atoms with Gasteiger partial charge in [0.05, 0.1) is 11.9 Å². The highest BCUT2D eigenvalue weighted by Crippen LogP contribution is 2.07. The minimum atomic E-state index is 0. The summed E-state index contributed by atoms with van der Waals surface area (Å²) < 4.78 is 0. The molecule has 0 saturated heterocycles. The predicted molar refractivity (Wildman–Crippen MR) is 51.6 cm³/mol. The number of nitrogens with two attached hydrogens (primary N) is 1. The summed E-state index contributed by atoms with van der Waals surface area (Å²) in [4.78, 5) is 3.77. The monoisotopic (exact) mass is 215 g/mol. The summed E-state index contributed by atoms with van der Waals surface area (Å²) in [5.41, 5.74) is 3.18. The second-order valence-electron chi connectivity index (χ2n) is 1.51. The molecule has 0 unspecified atom stereocenters. The Morgan fingerprint density at radius 3 is 2.36 bits per heavy atom. The maximum atomic E-state index is 5.49. The molecule has 0 aliphatic rings. The maximum absolute atomic E-state index is 5.49. The van der Waals surface area contributed by atoms with Gasteiger partial charge in [-0.1, -0.05) is 11.6 Å². The summed E-state index contributed by atoms with van der Waals surface area (Å²) in [6.07, 6.45) is 1.56. The van der Waals surface area contributed by atoms with Crippen LogP contribution in [-0.2, 0) is 0 Å². The van der Waals surface area contributed by atoms with Crippen LogP contribution in [0, 0.1) is 0 Å². The number of hydrogen-bond acceptors (Lipinski definition) is 3. The zero-order chi connectivity index (χ0) is 6.69. The molecule has 1 aromatic rings. The van der Waals surface area contributed by atoms with Crippen molar-refractivity contribution in [2.75, 3.05) is 5.43 Å². The van der Waals surface area contributed by atoms with Gasteiger partial charge >= 0.3 is 0 Å². The molecular weight excluding hydrogens is 208 g/mol. The largest absolute Gasteiger partial charge is 0.323 e. The van der Waals surface area contributed by atoms with E-state index < -0.39 is 0 Å². The fraction of sp³-hybridized carbons (Fsp3) is 0. The van der Waals surface area contributed by atoms with Gasteiger partial charge in [-0.05, 0) is 12.1 Å². The van der Waals surface area contributed by atoms with Crippen LogP contribution in [-0.4, -0.2) is 4.98 Å². The Bertz CT molecular complexity index is 189. The van der Waals surface area contributed by atoms with Gasteiger partial charge in [0, 0.05) is 0 Å². The van der Waals surface area contributed by atoms with E-state index in [1.54, 1.807) is 18.3 Å². The third kappa shape index (κ3) is 4.27. The van der Waals surface area contributed by atoms with E-state index in [1.807, 2.05) is 0 Å². The second kappa shape index (κ2) is 6.49. The Labute approximate surface area is 82.1 Å². The third-order valence-corrected chi connectivity index (χ3v) is 1.12. The number of hydrazine groups is 1. The smallest absolute Gasteiger partial charge is 0.129 e. The zero-order valence-electron chi connectivity index (χ0n) is 5.45. The number of rotatable bonds is 1. The molecule has 0 aliphatic carbocycles. The van der Waals surface area contributed by atoms with Gasteiger partial charge in [-0.15, -0.1) is 24.8 Å². The standard InChI is InChI=1S/C5H6ClN3.2ClH/c6-5-2-1-4(9-7)3-8-5;;/h1-3,9H,7H2;2*1H. The first-order valence-corrected chi connectivity index (χ1v) is 2.79. The average Bonchev–Trinajstić information content (AvgIpc) is 1.90. The zero-order valence-corrected chi connectivity index (χ0v) is 7.84. The lowest BCUT2D eigenvalue weighted by atomic mass is 10.4. The van der Waals surface area contributed by atoms with Crippen LogP contribution < -0.4 is 11.3 Å². The highest BCUT2D eigenvalue weighted by molar-refractivity contribution is 6.29. The summed E-state index contributed by atoms with van der Waals surface area (Å²) in [6.45, 7) is 0. The predicted octanol–water partition coefficient (Wildman–Crippen LogP) is 1.86. The van der Waals surface area contributed by atoms with E-state index in [2.05, 4.69) is 10.4 Å². The van der Waals surface area contributed by atoms with Crippen LogP contribution >= 0.6 is 36.4 Å². The number of anilines is 1. The molecule has 0 spiro atoms. The van der Waals surface area contributed by atoms with Crippen molar-refractivity contribution in [2.45, 2.75) is 0 Å². The Kier molecular flexibility index (Phi) is 7.89. The van der Waals surface area contributed by atoms with E-state index in [4.69, 9.17) is 17.4 Å². The minimum Gasteiger partial charge on any atom is -0.323 e. The lowest BCUT2D eigenvalue weighted by Crippen LogP contribution is -2.06. The molecule has 0 bridgehead atoms. The van der Waals surface area contributed by atoms with E-state index in [-0.39, 0.29) is 24.8 Å². The van der Waals surface area contributed by atoms with Crippen molar-refractivity contribution in [3.8, 4) is 0 Å². The normalized spacial score (nSPS) is 7.45. The summed E-state index contributed by atoms with van der Waals surface area (Å²) in [6, 6.07) is 3.41. The van der Waals surface area contributed by atoms with Crippen molar-refractivity contribution >= 4 is 42.1 Å². The van der Waals surface area contributed by atoms with Gasteiger partial charge in [0.15, 0.2) is 0 Å². The Hall–Kier alpha value is -0.220. The van der Waals surface area contributed by atoms with Crippen molar-refractivity contribution < 1.29 is 0 Å². The van der Waals surface area contributed by atoms with Gasteiger partial charge in [-0.3, -0.25) is 5.84 Å². The van der Waals surface area contributed by atoms with Gasteiger partial charge in [-0.25, -0.2) is 4.98 Å². The molecule has 64 valence electrons. The molecule has 1 aromatic heterocycles. The van der Waals surface area contributed by atoms with Crippen molar-refractivity contribution in [3.63, 3.8) is 0 Å². The highest BCUT2D eigenvalue weighted by Gasteiger charge is 1.87. The van der Waals surface area contributed by atoms with E-state index in [9.17, 15) is 0 Å². The lowest BCUT2D eigenvalue weighted by molar-refractivity contribution is 1.27. The minimum absolute atomic E-state index is 0. The van der Waals surface area contributed by atoms with Crippen molar-refractivity contribution in [3.05, 3.63) is 23.5 Å². The fourth-order valence-electron chi connectivity index (χ4n) is 0.461. The number of nitrogens with zero attached hydrogens (tertiary/aromatic N) is 1. The number of nitrogen functional groups attached to an aromatic ring is 1. The molecule has 1 rings (SSSR count). The van der Waals surface area contributed by atoms with Crippen LogP contribution in [0.3, 0.4) is 0 Å². The van der Waals surface area contributed by atoms with Gasteiger partial charge in [-0.2, -0.15) is 0 Å². The van der Waals surface area contributed by atoms with Gasteiger partial charge < -0.3 is 5.43 Å². The lowest BCUT2D eigenvalue weighted by Gasteiger charge is -1.95. The highest BCUT2D eigenvalue weighted by atomic mass is 35.5. The third-order valence-electron chi connectivity index (χ3n) is 0.894. The number of hydrogen-bond donors (Lipinski definition) is 2. The molecule has 0 saturated carbocycles. The SMILES string of the molecule is Cl.Cl.NNc1ccc(Cl)nc1. The number of halogens is 3. The Morgan fingerprint density at radius 2 is 2.00 bits per heavy atom. The first kappa shape index (κ1) is 13.4. The van der Waals surface area contributed by atoms with Crippen molar-refractivity contribution in [1.29, 1.82) is 0 Å². The molecule has 3 nitrogen and oxygen atoms in total. The van der Waals surface area contributed by atoms with Crippen LogP contribution in [0.2, 0.25) is 5.15 Å². The summed E-state index contributed by atoms with van der Waals surface area (Å²) >= 11 is 5.49. The van der Waals surface area contributed by atoms with Crippen molar-refractivity contribution in [2.24, 2.45) is 5.84 Å². The van der Waals surface area contributed by atoms with Crippen LogP contribution in [0.1, 0.15) is 0 Å². The van der Waals surface area contributed by atoms with E-state index in [0.29, 0.717) is 5.15 Å². The van der Waals surface area contributed by atoms with Gasteiger partial charge in [0.1, 0.15) is 5.15 Å². The quantitative estimate of drug-likeness (QED) is 0.428. The Morgan fingerprint density at radius 1 is 1.36 bits per heavy atom. The molecule has 0 aliphatic heterocycles. The van der Waals surface area contributed by atoms with E-state index in [0.717, 1.165) is 5.69 Å². The molecule has 6 heteroatoms. The molecule has 0 fully saturated rings. The first-order chi connectivity index (χ1) is 4.33. The number of nitrogens with one attached hydrogen (secondary N) is 1. The average molecular weight is 216 g/mol. The van der Waals surface area contributed by atoms with Crippen molar-refractivity contribution in [1.82, 2.24) is 4.98 Å². The van der Waals surface area contributed by atoms with Crippen LogP contribution in [0.25, 0.3) is 0 Å². The molecule has 0 radical (unpaired) electrons. The molecular formula is C5H8Cl3N3. The molecule has 0 atom stereocenters. The van der Waals surface area contributed by atoms with Crippen LogP contribution in [0.5, 0.6) is 0 Å². The summed E-state index contributed by atoms with van der Waals surface area (Å²) in [7, 11) is 0.